The molecule has 2 aromatic rings. The first kappa shape index (κ1) is 17.5. The number of rotatable bonds is 9. The van der Waals surface area contributed by atoms with E-state index >= 15 is 0 Å². The van der Waals surface area contributed by atoms with Gasteiger partial charge in [0, 0.05) is 29.9 Å². The van der Waals surface area contributed by atoms with Gasteiger partial charge in [-0.25, -0.2) is 0 Å². The zero-order chi connectivity index (χ0) is 17.2. The van der Waals surface area contributed by atoms with E-state index in [9.17, 15) is 9.18 Å². The van der Waals surface area contributed by atoms with E-state index in [-0.39, 0.29) is 5.78 Å². The molecule has 0 spiro atoms. The lowest BCUT2D eigenvalue weighted by molar-refractivity contribution is 0.104. The first-order chi connectivity index (χ1) is 11.7. The maximum Gasteiger partial charge on any atom is 0.187 e. The molecule has 0 aromatic heterocycles. The number of allylic oxidation sites excluding steroid dienone is 1. The fourth-order valence-corrected chi connectivity index (χ4v) is 1.96. The highest BCUT2D eigenvalue weighted by Gasteiger charge is 2.02. The van der Waals surface area contributed by atoms with Gasteiger partial charge in [-0.1, -0.05) is 0 Å². The molecule has 126 valence electrons. The molecule has 0 bridgehead atoms. The molecule has 0 aliphatic rings. The van der Waals surface area contributed by atoms with Crippen LogP contribution in [0.25, 0.3) is 0 Å². The van der Waals surface area contributed by atoms with Gasteiger partial charge in [0.15, 0.2) is 5.78 Å². The molecule has 0 saturated carbocycles. The van der Waals surface area contributed by atoms with E-state index in [4.69, 9.17) is 9.47 Å². The van der Waals surface area contributed by atoms with Crippen LogP contribution in [0.5, 0.6) is 11.5 Å². The Balaban J connectivity index is 1.86. The van der Waals surface area contributed by atoms with Gasteiger partial charge in [0.2, 0.25) is 0 Å². The predicted octanol–water partition coefficient (Wildman–Crippen LogP) is 4.24. The van der Waals surface area contributed by atoms with Crippen LogP contribution >= 0.6 is 0 Å². The summed E-state index contributed by atoms with van der Waals surface area (Å²) in [6.07, 6.45) is 3.42. The number of halogens is 1. The van der Waals surface area contributed by atoms with E-state index in [1.54, 1.807) is 37.6 Å². The average molecular weight is 329 g/mol. The number of methoxy groups -OCH3 is 1. The number of ketones is 1. The SMILES string of the molecule is COc1ccc(NC=CC(=O)c2ccc(OCCCF)cc2)cc1. The van der Waals surface area contributed by atoms with Gasteiger partial charge in [-0.05, 0) is 48.5 Å². The van der Waals surface area contributed by atoms with Crippen LogP contribution in [0.3, 0.4) is 0 Å². The Kier molecular flexibility index (Phi) is 6.83. The second kappa shape index (κ2) is 9.35. The van der Waals surface area contributed by atoms with E-state index in [2.05, 4.69) is 5.32 Å². The molecule has 2 rings (SSSR count). The summed E-state index contributed by atoms with van der Waals surface area (Å²) < 4.78 is 22.4. The minimum absolute atomic E-state index is 0.119. The van der Waals surface area contributed by atoms with E-state index < -0.39 is 6.67 Å². The van der Waals surface area contributed by atoms with Crippen molar-refractivity contribution in [2.75, 3.05) is 25.7 Å². The van der Waals surface area contributed by atoms with Gasteiger partial charge in [-0.3, -0.25) is 9.18 Å². The standard InChI is InChI=1S/C19H20FNO3/c1-23-17-9-5-16(6-10-17)21-13-11-19(22)15-3-7-18(8-4-15)24-14-2-12-20/h3-11,13,21H,2,12,14H2,1H3. The van der Waals surface area contributed by atoms with Gasteiger partial charge < -0.3 is 14.8 Å². The van der Waals surface area contributed by atoms with Gasteiger partial charge in [0.25, 0.3) is 0 Å². The lowest BCUT2D eigenvalue weighted by Gasteiger charge is -2.05. The summed E-state index contributed by atoms with van der Waals surface area (Å²) in [5.41, 5.74) is 1.41. The Morgan fingerprint density at radius 2 is 1.75 bits per heavy atom. The van der Waals surface area contributed by atoms with Gasteiger partial charge in [0.1, 0.15) is 11.5 Å². The smallest absolute Gasteiger partial charge is 0.187 e. The van der Waals surface area contributed by atoms with Crippen molar-refractivity contribution in [3.63, 3.8) is 0 Å². The summed E-state index contributed by atoms with van der Waals surface area (Å²) in [7, 11) is 1.61. The fourth-order valence-electron chi connectivity index (χ4n) is 1.96. The molecule has 0 atom stereocenters. The van der Waals surface area contributed by atoms with Crippen LogP contribution in [0, 0.1) is 0 Å². The van der Waals surface area contributed by atoms with Crippen LogP contribution in [-0.2, 0) is 0 Å². The number of hydrogen-bond donors (Lipinski definition) is 1. The third-order valence-corrected chi connectivity index (χ3v) is 3.26. The van der Waals surface area contributed by atoms with Crippen molar-refractivity contribution >= 4 is 11.5 Å². The Labute approximate surface area is 140 Å². The molecule has 0 unspecified atom stereocenters. The first-order valence-electron chi connectivity index (χ1n) is 7.63. The molecule has 0 saturated heterocycles. The minimum Gasteiger partial charge on any atom is -0.497 e. The van der Waals surface area contributed by atoms with Crippen molar-refractivity contribution in [3.05, 3.63) is 66.4 Å². The number of anilines is 1. The van der Waals surface area contributed by atoms with Crippen molar-refractivity contribution < 1.29 is 18.7 Å². The van der Waals surface area contributed by atoms with Crippen molar-refractivity contribution in [1.82, 2.24) is 0 Å². The largest absolute Gasteiger partial charge is 0.497 e. The molecule has 0 aliphatic carbocycles. The number of nitrogens with one attached hydrogen (secondary N) is 1. The molecule has 24 heavy (non-hydrogen) atoms. The zero-order valence-corrected chi connectivity index (χ0v) is 13.5. The third-order valence-electron chi connectivity index (χ3n) is 3.26. The number of carbonyl (C=O) groups excluding carboxylic acids is 1. The molecule has 0 fully saturated rings. The number of benzene rings is 2. The Bertz CT molecular complexity index is 666. The Morgan fingerprint density at radius 3 is 2.38 bits per heavy atom. The highest BCUT2D eigenvalue weighted by molar-refractivity contribution is 6.04. The predicted molar refractivity (Wildman–Crippen MR) is 92.6 cm³/mol. The van der Waals surface area contributed by atoms with Crippen molar-refractivity contribution in [1.29, 1.82) is 0 Å². The van der Waals surface area contributed by atoms with Crippen molar-refractivity contribution in [2.24, 2.45) is 0 Å². The fraction of sp³-hybridized carbons (Fsp3) is 0.211. The van der Waals surface area contributed by atoms with Crippen LogP contribution in [0.1, 0.15) is 16.8 Å². The number of ether oxygens (including phenoxy) is 2. The highest BCUT2D eigenvalue weighted by Crippen LogP contribution is 2.15. The lowest BCUT2D eigenvalue weighted by Crippen LogP contribution is -1.99. The monoisotopic (exact) mass is 329 g/mol. The van der Waals surface area contributed by atoms with Crippen molar-refractivity contribution in [3.8, 4) is 11.5 Å². The first-order valence-corrected chi connectivity index (χ1v) is 7.63. The molecule has 2 aromatic carbocycles. The molecule has 0 radical (unpaired) electrons. The van der Waals surface area contributed by atoms with Gasteiger partial charge >= 0.3 is 0 Å². The molecule has 4 nitrogen and oxygen atoms in total. The summed E-state index contributed by atoms with van der Waals surface area (Å²) in [6, 6.07) is 14.2. The minimum atomic E-state index is -0.400. The second-order valence-corrected chi connectivity index (χ2v) is 4.99. The van der Waals surface area contributed by atoms with E-state index in [1.807, 2.05) is 24.3 Å². The zero-order valence-electron chi connectivity index (χ0n) is 13.5. The summed E-state index contributed by atoms with van der Waals surface area (Å²) in [6.45, 7) is -0.0714. The van der Waals surface area contributed by atoms with E-state index in [0.29, 0.717) is 24.3 Å². The van der Waals surface area contributed by atoms with Crippen LogP contribution in [0.2, 0.25) is 0 Å². The summed E-state index contributed by atoms with van der Waals surface area (Å²) in [4.78, 5) is 12.1. The Hall–Kier alpha value is -2.82. The summed E-state index contributed by atoms with van der Waals surface area (Å²) in [5, 5.41) is 3.03. The molecule has 5 heteroatoms. The molecule has 0 aliphatic heterocycles. The van der Waals surface area contributed by atoms with E-state index in [1.165, 1.54) is 6.08 Å². The summed E-state index contributed by atoms with van der Waals surface area (Å²) in [5.74, 6) is 1.28. The molecule has 1 N–H and O–H groups in total. The maximum absolute atomic E-state index is 12.1. The molecular weight excluding hydrogens is 309 g/mol. The third kappa shape index (κ3) is 5.43. The normalized spacial score (nSPS) is 10.6. The quantitative estimate of drug-likeness (QED) is 0.425. The van der Waals surface area contributed by atoms with Crippen molar-refractivity contribution in [2.45, 2.75) is 6.42 Å². The topological polar surface area (TPSA) is 47.6 Å². The lowest BCUT2D eigenvalue weighted by atomic mass is 10.1. The average Bonchev–Trinajstić information content (AvgIpc) is 2.63. The second-order valence-electron chi connectivity index (χ2n) is 4.99. The van der Waals surface area contributed by atoms with Crippen LogP contribution in [0.4, 0.5) is 10.1 Å². The summed E-state index contributed by atoms with van der Waals surface area (Å²) >= 11 is 0. The van der Waals surface area contributed by atoms with Gasteiger partial charge in [0.05, 0.1) is 20.4 Å². The molecular formula is C19H20FNO3. The molecule has 0 amide bonds. The number of carbonyl (C=O) groups is 1. The number of hydrogen-bond acceptors (Lipinski definition) is 4. The maximum atomic E-state index is 12.1. The van der Waals surface area contributed by atoms with Gasteiger partial charge in [-0.15, -0.1) is 0 Å². The van der Waals surface area contributed by atoms with Crippen LogP contribution in [-0.4, -0.2) is 26.2 Å². The van der Waals surface area contributed by atoms with Gasteiger partial charge in [-0.2, -0.15) is 0 Å². The Morgan fingerprint density at radius 1 is 1.08 bits per heavy atom. The van der Waals surface area contributed by atoms with E-state index in [0.717, 1.165) is 11.4 Å². The highest BCUT2D eigenvalue weighted by atomic mass is 19.1. The van der Waals surface area contributed by atoms with Crippen LogP contribution < -0.4 is 14.8 Å². The van der Waals surface area contributed by atoms with Crippen LogP contribution in [0.15, 0.2) is 60.8 Å². The molecule has 0 heterocycles. The number of alkyl halides is 1.